The third-order valence-corrected chi connectivity index (χ3v) is 2.68. The lowest BCUT2D eigenvalue weighted by Gasteiger charge is -2.11. The summed E-state index contributed by atoms with van der Waals surface area (Å²) in [6.45, 7) is 4.83. The summed E-state index contributed by atoms with van der Waals surface area (Å²) in [4.78, 5) is 33.7. The molecule has 0 aliphatic carbocycles. The van der Waals surface area contributed by atoms with Crippen LogP contribution in [0.4, 0.5) is 0 Å². The van der Waals surface area contributed by atoms with Gasteiger partial charge in [0.25, 0.3) is 5.91 Å². The Kier molecular flexibility index (Phi) is 5.25. The zero-order valence-corrected chi connectivity index (χ0v) is 11.8. The van der Waals surface area contributed by atoms with Crippen LogP contribution in [0.15, 0.2) is 12.1 Å². The van der Waals surface area contributed by atoms with Gasteiger partial charge in [-0.05, 0) is 31.9 Å². The van der Waals surface area contributed by atoms with Crippen LogP contribution in [0.5, 0.6) is 0 Å². The first-order valence-electron chi connectivity index (χ1n) is 6.11. The van der Waals surface area contributed by atoms with Crippen LogP contribution >= 0.6 is 0 Å². The van der Waals surface area contributed by atoms with Crippen molar-refractivity contribution in [2.45, 2.75) is 20.8 Å². The van der Waals surface area contributed by atoms with Gasteiger partial charge in [0.2, 0.25) is 5.91 Å². The fourth-order valence-electron chi connectivity index (χ4n) is 1.94. The predicted molar refractivity (Wildman–Crippen MR) is 73.1 cm³/mol. The third kappa shape index (κ3) is 4.38. The molecule has 0 saturated carbocycles. The van der Waals surface area contributed by atoms with Crippen molar-refractivity contribution in [3.05, 3.63) is 34.4 Å². The molecular weight excluding hydrogens is 260 g/mol. The number of carbonyl (C=O) groups excluding carboxylic acids is 3. The molecule has 6 heteroatoms. The molecule has 0 radical (unpaired) electrons. The van der Waals surface area contributed by atoms with Crippen LogP contribution in [0.3, 0.4) is 0 Å². The lowest BCUT2D eigenvalue weighted by atomic mass is 10.00. The van der Waals surface area contributed by atoms with E-state index in [1.54, 1.807) is 0 Å². The van der Waals surface area contributed by atoms with Crippen molar-refractivity contribution in [1.82, 2.24) is 5.32 Å². The zero-order valence-electron chi connectivity index (χ0n) is 11.8. The number of esters is 1. The van der Waals surface area contributed by atoms with E-state index in [0.717, 1.165) is 16.7 Å². The molecule has 0 unspecified atom stereocenters. The summed E-state index contributed by atoms with van der Waals surface area (Å²) < 4.78 is 4.92. The molecule has 0 bridgehead atoms. The molecule has 1 aromatic rings. The van der Waals surface area contributed by atoms with E-state index in [-0.39, 0.29) is 6.54 Å². The number of aryl methyl sites for hydroxylation is 3. The monoisotopic (exact) mass is 278 g/mol. The highest BCUT2D eigenvalue weighted by molar-refractivity contribution is 5.94. The Morgan fingerprint density at radius 3 is 2.20 bits per heavy atom. The summed E-state index contributed by atoms with van der Waals surface area (Å²) >= 11 is 0. The molecule has 0 atom stereocenters. The molecule has 0 aliphatic heterocycles. The summed E-state index contributed by atoms with van der Waals surface area (Å²) in [6, 6.07) is 3.74. The minimum absolute atomic E-state index is 0.279. The Bertz CT molecular complexity index is 529. The van der Waals surface area contributed by atoms with Crippen molar-refractivity contribution in [3.8, 4) is 0 Å². The van der Waals surface area contributed by atoms with Gasteiger partial charge in [-0.3, -0.25) is 9.59 Å². The van der Waals surface area contributed by atoms with Crippen LogP contribution in [0.25, 0.3) is 0 Å². The average Bonchev–Trinajstić information content (AvgIpc) is 2.32. The highest BCUT2D eigenvalue weighted by atomic mass is 16.5. The molecule has 0 spiro atoms. The summed E-state index contributed by atoms with van der Waals surface area (Å²) in [5.74, 6) is -1.79. The molecule has 3 N–H and O–H groups in total. The van der Waals surface area contributed by atoms with Gasteiger partial charge in [0.1, 0.15) is 0 Å². The van der Waals surface area contributed by atoms with Crippen LogP contribution in [-0.4, -0.2) is 30.9 Å². The molecule has 20 heavy (non-hydrogen) atoms. The fraction of sp³-hybridized carbons (Fsp3) is 0.357. The van der Waals surface area contributed by atoms with Gasteiger partial charge in [0.15, 0.2) is 6.61 Å². The SMILES string of the molecule is Cc1cc(C)c(C(=O)OCC(=O)NCC(N)=O)c(C)c1. The van der Waals surface area contributed by atoms with Gasteiger partial charge in [0, 0.05) is 0 Å². The molecule has 0 fully saturated rings. The third-order valence-electron chi connectivity index (χ3n) is 2.68. The van der Waals surface area contributed by atoms with Crippen molar-refractivity contribution in [1.29, 1.82) is 0 Å². The number of hydrogen-bond donors (Lipinski definition) is 2. The highest BCUT2D eigenvalue weighted by Gasteiger charge is 2.15. The molecular formula is C14H18N2O4. The van der Waals surface area contributed by atoms with Crippen molar-refractivity contribution in [2.24, 2.45) is 5.73 Å². The topological polar surface area (TPSA) is 98.5 Å². The maximum absolute atomic E-state index is 11.9. The van der Waals surface area contributed by atoms with Gasteiger partial charge >= 0.3 is 5.97 Å². The van der Waals surface area contributed by atoms with Gasteiger partial charge in [-0.1, -0.05) is 17.7 Å². The van der Waals surface area contributed by atoms with Crippen LogP contribution in [-0.2, 0) is 14.3 Å². The van der Waals surface area contributed by atoms with E-state index in [1.807, 2.05) is 32.9 Å². The van der Waals surface area contributed by atoms with Crippen LogP contribution < -0.4 is 11.1 Å². The molecule has 1 aromatic carbocycles. The second-order valence-corrected chi connectivity index (χ2v) is 4.59. The first kappa shape index (κ1) is 15.7. The minimum Gasteiger partial charge on any atom is -0.452 e. The van der Waals surface area contributed by atoms with Crippen LogP contribution in [0.1, 0.15) is 27.0 Å². The van der Waals surface area contributed by atoms with E-state index in [4.69, 9.17) is 10.5 Å². The number of primary amides is 1. The number of nitrogens with two attached hydrogens (primary N) is 1. The maximum Gasteiger partial charge on any atom is 0.339 e. The van der Waals surface area contributed by atoms with Crippen LogP contribution in [0, 0.1) is 20.8 Å². The van der Waals surface area contributed by atoms with Gasteiger partial charge in [-0.2, -0.15) is 0 Å². The molecule has 6 nitrogen and oxygen atoms in total. The normalized spacial score (nSPS) is 9.95. The van der Waals surface area contributed by atoms with Gasteiger partial charge in [-0.15, -0.1) is 0 Å². The highest BCUT2D eigenvalue weighted by Crippen LogP contribution is 2.17. The maximum atomic E-state index is 11.9. The molecule has 0 aliphatic rings. The quantitative estimate of drug-likeness (QED) is 0.760. The van der Waals surface area contributed by atoms with Crippen molar-refractivity contribution < 1.29 is 19.1 Å². The number of carbonyl (C=O) groups is 3. The largest absolute Gasteiger partial charge is 0.452 e. The average molecular weight is 278 g/mol. The predicted octanol–water partition coefficient (Wildman–Crippen LogP) is 0.370. The van der Waals surface area contributed by atoms with E-state index in [9.17, 15) is 14.4 Å². The Morgan fingerprint density at radius 1 is 1.15 bits per heavy atom. The number of rotatable bonds is 5. The number of ether oxygens (including phenoxy) is 1. The Morgan fingerprint density at radius 2 is 1.70 bits per heavy atom. The van der Waals surface area contributed by atoms with Gasteiger partial charge < -0.3 is 15.8 Å². The summed E-state index contributed by atoms with van der Waals surface area (Å²) in [5.41, 5.74) is 7.98. The smallest absolute Gasteiger partial charge is 0.339 e. The second-order valence-electron chi connectivity index (χ2n) is 4.59. The van der Waals surface area contributed by atoms with Crippen molar-refractivity contribution in [3.63, 3.8) is 0 Å². The summed E-state index contributed by atoms with van der Waals surface area (Å²) in [6.07, 6.45) is 0. The van der Waals surface area contributed by atoms with Crippen LogP contribution in [0.2, 0.25) is 0 Å². The van der Waals surface area contributed by atoms with E-state index >= 15 is 0 Å². The van der Waals surface area contributed by atoms with E-state index in [0.29, 0.717) is 5.56 Å². The first-order chi connectivity index (χ1) is 9.31. The number of hydrogen-bond acceptors (Lipinski definition) is 4. The van der Waals surface area contributed by atoms with E-state index < -0.39 is 24.4 Å². The Hall–Kier alpha value is -2.37. The van der Waals surface area contributed by atoms with Crippen molar-refractivity contribution in [2.75, 3.05) is 13.2 Å². The van der Waals surface area contributed by atoms with Gasteiger partial charge in [0.05, 0.1) is 12.1 Å². The van der Waals surface area contributed by atoms with E-state index in [2.05, 4.69) is 5.32 Å². The minimum atomic E-state index is -0.658. The number of nitrogens with one attached hydrogen (secondary N) is 1. The first-order valence-corrected chi connectivity index (χ1v) is 6.11. The Balaban J connectivity index is 2.64. The number of benzene rings is 1. The molecule has 2 amide bonds. The lowest BCUT2D eigenvalue weighted by molar-refractivity contribution is -0.127. The van der Waals surface area contributed by atoms with Crippen molar-refractivity contribution >= 4 is 17.8 Å². The molecule has 0 aromatic heterocycles. The summed E-state index contributed by atoms with van der Waals surface area (Å²) in [5, 5.41) is 2.24. The summed E-state index contributed by atoms with van der Waals surface area (Å²) in [7, 11) is 0. The van der Waals surface area contributed by atoms with Gasteiger partial charge in [-0.25, -0.2) is 4.79 Å². The molecule has 108 valence electrons. The standard InChI is InChI=1S/C14H18N2O4/c1-8-4-9(2)13(10(3)5-8)14(19)20-7-12(18)16-6-11(15)17/h4-5H,6-7H2,1-3H3,(H2,15,17)(H,16,18). The fourth-order valence-corrected chi connectivity index (χ4v) is 1.94. The molecule has 1 rings (SSSR count). The lowest BCUT2D eigenvalue weighted by Crippen LogP contribution is -2.36. The Labute approximate surface area is 117 Å². The number of amides is 2. The van der Waals surface area contributed by atoms with E-state index in [1.165, 1.54) is 0 Å². The zero-order chi connectivity index (χ0) is 15.3. The second kappa shape index (κ2) is 6.70. The molecule has 0 saturated heterocycles. The molecule has 0 heterocycles.